The Morgan fingerprint density at radius 2 is 1.94 bits per heavy atom. The third-order valence-corrected chi connectivity index (χ3v) is 3.66. The number of pyridine rings is 1. The van der Waals surface area contributed by atoms with Crippen molar-refractivity contribution in [1.29, 1.82) is 0 Å². The molecule has 1 aliphatic rings. The second-order valence-electron chi connectivity index (χ2n) is 4.74. The largest absolute Gasteiger partial charge is 0.479 e. The van der Waals surface area contributed by atoms with Gasteiger partial charge in [0.2, 0.25) is 0 Å². The number of hydrogen-bond acceptors (Lipinski definition) is 2. The van der Waals surface area contributed by atoms with Gasteiger partial charge in [0.05, 0.1) is 0 Å². The fourth-order valence-electron chi connectivity index (χ4n) is 2.81. The normalized spacial score (nSPS) is 18.9. The minimum atomic E-state index is -1.03. The number of nitrogens with zero attached hydrogens (tertiary/aromatic N) is 1. The van der Waals surface area contributed by atoms with Crippen molar-refractivity contribution in [2.75, 3.05) is 0 Å². The van der Waals surface area contributed by atoms with Crippen LogP contribution >= 0.6 is 0 Å². The van der Waals surface area contributed by atoms with E-state index in [1.54, 1.807) is 19.1 Å². The van der Waals surface area contributed by atoms with E-state index in [-0.39, 0.29) is 5.56 Å². The molecule has 0 amide bonds. The molecule has 0 spiro atoms. The van der Waals surface area contributed by atoms with Gasteiger partial charge in [-0.2, -0.15) is 0 Å². The van der Waals surface area contributed by atoms with Crippen molar-refractivity contribution < 1.29 is 9.90 Å². The van der Waals surface area contributed by atoms with Crippen molar-refractivity contribution in [3.05, 3.63) is 34.2 Å². The summed E-state index contributed by atoms with van der Waals surface area (Å²) in [5.41, 5.74) is -0.517. The Morgan fingerprint density at radius 3 is 2.47 bits per heavy atom. The highest BCUT2D eigenvalue weighted by Crippen LogP contribution is 2.35. The van der Waals surface area contributed by atoms with Crippen LogP contribution in [0.1, 0.15) is 37.8 Å². The number of aromatic nitrogens is 1. The van der Waals surface area contributed by atoms with Crippen LogP contribution in [0.4, 0.5) is 0 Å². The molecule has 1 aromatic rings. The highest BCUT2D eigenvalue weighted by Gasteiger charge is 2.42. The van der Waals surface area contributed by atoms with Crippen molar-refractivity contribution >= 4 is 5.97 Å². The fourth-order valence-corrected chi connectivity index (χ4v) is 2.81. The van der Waals surface area contributed by atoms with E-state index in [2.05, 4.69) is 0 Å². The second-order valence-corrected chi connectivity index (χ2v) is 4.74. The van der Waals surface area contributed by atoms with Crippen LogP contribution in [0, 0.1) is 6.92 Å². The summed E-state index contributed by atoms with van der Waals surface area (Å²) in [6.45, 7) is 1.79. The summed E-state index contributed by atoms with van der Waals surface area (Å²) in [5.74, 6) is -0.881. The number of aryl methyl sites for hydroxylation is 1. The van der Waals surface area contributed by atoms with Crippen molar-refractivity contribution in [2.24, 2.45) is 0 Å². The molecule has 1 aromatic heterocycles. The molecule has 4 nitrogen and oxygen atoms in total. The van der Waals surface area contributed by atoms with Crippen molar-refractivity contribution in [1.82, 2.24) is 4.57 Å². The molecule has 1 heterocycles. The van der Waals surface area contributed by atoms with Crippen molar-refractivity contribution in [2.45, 2.75) is 44.6 Å². The van der Waals surface area contributed by atoms with Crippen LogP contribution in [0.5, 0.6) is 0 Å². The lowest BCUT2D eigenvalue weighted by Crippen LogP contribution is -2.49. The number of aliphatic carboxylic acids is 1. The molecule has 4 heteroatoms. The molecule has 0 aliphatic heterocycles. The molecule has 1 saturated carbocycles. The first-order chi connectivity index (χ1) is 8.08. The Labute approximate surface area is 99.9 Å². The lowest BCUT2D eigenvalue weighted by molar-refractivity contribution is -0.149. The topological polar surface area (TPSA) is 59.3 Å². The zero-order valence-electron chi connectivity index (χ0n) is 9.98. The van der Waals surface area contributed by atoms with Crippen LogP contribution in [-0.4, -0.2) is 15.6 Å². The van der Waals surface area contributed by atoms with Crippen LogP contribution < -0.4 is 5.56 Å². The lowest BCUT2D eigenvalue weighted by Gasteiger charge is -2.36. The summed E-state index contributed by atoms with van der Waals surface area (Å²) < 4.78 is 1.47. The number of carboxylic acids is 1. The average molecular weight is 235 g/mol. The van der Waals surface area contributed by atoms with Gasteiger partial charge in [0, 0.05) is 11.8 Å². The highest BCUT2D eigenvalue weighted by atomic mass is 16.4. The minimum absolute atomic E-state index is 0.214. The maximum Gasteiger partial charge on any atom is 0.330 e. The van der Waals surface area contributed by atoms with Gasteiger partial charge in [-0.15, -0.1) is 0 Å². The molecule has 92 valence electrons. The van der Waals surface area contributed by atoms with Gasteiger partial charge in [0.1, 0.15) is 5.54 Å². The van der Waals surface area contributed by atoms with E-state index >= 15 is 0 Å². The van der Waals surface area contributed by atoms with E-state index in [0.717, 1.165) is 25.0 Å². The van der Waals surface area contributed by atoms with E-state index in [1.807, 2.05) is 0 Å². The van der Waals surface area contributed by atoms with Gasteiger partial charge in [-0.05, 0) is 25.8 Å². The number of carboxylic acid groups (broad SMARTS) is 1. The maximum atomic E-state index is 11.9. The predicted octanol–water partition coefficient (Wildman–Crippen LogP) is 1.90. The summed E-state index contributed by atoms with van der Waals surface area (Å²) in [6.07, 6.45) is 3.88. The SMILES string of the molecule is Cc1cccc(=O)n1C1(C(=O)O)CCCCC1. The number of carbonyl (C=O) groups is 1. The zero-order chi connectivity index (χ0) is 12.5. The van der Waals surface area contributed by atoms with Crippen LogP contribution in [0.2, 0.25) is 0 Å². The van der Waals surface area contributed by atoms with E-state index < -0.39 is 11.5 Å². The molecule has 0 saturated heterocycles. The molecule has 1 aliphatic carbocycles. The minimum Gasteiger partial charge on any atom is -0.479 e. The number of rotatable bonds is 2. The summed E-state index contributed by atoms with van der Waals surface area (Å²) in [5, 5.41) is 9.53. The molecule has 0 aromatic carbocycles. The summed E-state index contributed by atoms with van der Waals surface area (Å²) in [6, 6.07) is 4.90. The van der Waals surface area contributed by atoms with Gasteiger partial charge < -0.3 is 5.11 Å². The quantitative estimate of drug-likeness (QED) is 0.851. The monoisotopic (exact) mass is 235 g/mol. The van der Waals surface area contributed by atoms with Crippen LogP contribution in [0.3, 0.4) is 0 Å². The van der Waals surface area contributed by atoms with Crippen molar-refractivity contribution in [3.63, 3.8) is 0 Å². The van der Waals surface area contributed by atoms with Crippen LogP contribution in [0.15, 0.2) is 23.0 Å². The molecular formula is C13H17NO3. The molecule has 1 N–H and O–H groups in total. The summed E-state index contributed by atoms with van der Waals surface area (Å²) in [4.78, 5) is 23.6. The molecule has 0 bridgehead atoms. The molecular weight excluding hydrogens is 218 g/mol. The molecule has 17 heavy (non-hydrogen) atoms. The third-order valence-electron chi connectivity index (χ3n) is 3.66. The van der Waals surface area contributed by atoms with Crippen LogP contribution in [-0.2, 0) is 10.3 Å². The van der Waals surface area contributed by atoms with E-state index in [0.29, 0.717) is 12.8 Å². The van der Waals surface area contributed by atoms with Crippen molar-refractivity contribution in [3.8, 4) is 0 Å². The van der Waals surface area contributed by atoms with Gasteiger partial charge in [-0.25, -0.2) is 4.79 Å². The molecule has 2 rings (SSSR count). The zero-order valence-corrected chi connectivity index (χ0v) is 9.98. The summed E-state index contributed by atoms with van der Waals surface area (Å²) in [7, 11) is 0. The van der Waals surface area contributed by atoms with Gasteiger partial charge in [0.25, 0.3) is 5.56 Å². The Morgan fingerprint density at radius 1 is 1.29 bits per heavy atom. The Bertz CT molecular complexity index is 484. The van der Waals surface area contributed by atoms with Gasteiger partial charge in [-0.3, -0.25) is 9.36 Å². The Balaban J connectivity index is 2.61. The first-order valence-corrected chi connectivity index (χ1v) is 6.00. The smallest absolute Gasteiger partial charge is 0.330 e. The Kier molecular flexibility index (Phi) is 3.05. The van der Waals surface area contributed by atoms with E-state index in [9.17, 15) is 14.7 Å². The van der Waals surface area contributed by atoms with Gasteiger partial charge in [0.15, 0.2) is 0 Å². The van der Waals surface area contributed by atoms with Gasteiger partial charge in [-0.1, -0.05) is 25.3 Å². The highest BCUT2D eigenvalue weighted by molar-refractivity contribution is 5.77. The second kappa shape index (κ2) is 4.35. The fraction of sp³-hybridized carbons (Fsp3) is 0.538. The lowest BCUT2D eigenvalue weighted by atomic mass is 9.81. The predicted molar refractivity (Wildman–Crippen MR) is 64.1 cm³/mol. The Hall–Kier alpha value is -1.58. The van der Waals surface area contributed by atoms with E-state index in [4.69, 9.17) is 0 Å². The standard InChI is InChI=1S/C13H17NO3/c1-10-6-5-7-11(15)14(10)13(12(16)17)8-3-2-4-9-13/h5-7H,2-4,8-9H2,1H3,(H,16,17). The number of hydrogen-bond donors (Lipinski definition) is 1. The van der Waals surface area contributed by atoms with Crippen LogP contribution in [0.25, 0.3) is 0 Å². The third kappa shape index (κ3) is 1.88. The maximum absolute atomic E-state index is 11.9. The summed E-state index contributed by atoms with van der Waals surface area (Å²) >= 11 is 0. The average Bonchev–Trinajstić information content (AvgIpc) is 2.29. The molecule has 0 atom stereocenters. The molecule has 0 radical (unpaired) electrons. The molecule has 0 unspecified atom stereocenters. The first-order valence-electron chi connectivity index (χ1n) is 6.00. The van der Waals surface area contributed by atoms with Gasteiger partial charge >= 0.3 is 5.97 Å². The first kappa shape index (κ1) is 11.9. The van der Waals surface area contributed by atoms with E-state index in [1.165, 1.54) is 10.6 Å². The molecule has 1 fully saturated rings.